The third-order valence-electron chi connectivity index (χ3n) is 10.0. The number of rotatable bonds is 7. The molecule has 1 nitrogen and oxygen atoms in total. The van der Waals surface area contributed by atoms with E-state index in [1.165, 1.54) is 64.6 Å². The highest BCUT2D eigenvalue weighted by molar-refractivity contribution is 8.04. The number of hydrogen-bond donors (Lipinski definition) is 0. The highest BCUT2D eigenvalue weighted by Gasteiger charge is 2.36. The van der Waals surface area contributed by atoms with E-state index in [1.807, 2.05) is 11.8 Å². The zero-order valence-corrected chi connectivity index (χ0v) is 28.9. The van der Waals surface area contributed by atoms with Gasteiger partial charge in [0.05, 0.1) is 6.04 Å². The molecule has 0 amide bonds. The van der Waals surface area contributed by atoms with Crippen LogP contribution in [0.5, 0.6) is 0 Å². The predicted octanol–water partition coefficient (Wildman–Crippen LogP) is 11.0. The van der Waals surface area contributed by atoms with Crippen LogP contribution < -0.4 is 20.8 Å². The monoisotopic (exact) mass is 665 g/mol. The molecule has 49 heavy (non-hydrogen) atoms. The number of hydrogen-bond acceptors (Lipinski definition) is 2. The summed E-state index contributed by atoms with van der Waals surface area (Å²) in [5.74, 6) is 0.564. The highest BCUT2D eigenvalue weighted by atomic mass is 32.2. The van der Waals surface area contributed by atoms with Crippen LogP contribution in [-0.2, 0) is 0 Å². The van der Waals surface area contributed by atoms with E-state index in [1.54, 1.807) is 0 Å². The van der Waals surface area contributed by atoms with Crippen LogP contribution in [0.25, 0.3) is 16.3 Å². The lowest BCUT2D eigenvalue weighted by Crippen LogP contribution is -2.28. The van der Waals surface area contributed by atoms with Crippen molar-refractivity contribution in [3.05, 3.63) is 199 Å². The van der Waals surface area contributed by atoms with E-state index in [-0.39, 0.29) is 12.0 Å². The average molecular weight is 666 g/mol. The van der Waals surface area contributed by atoms with Gasteiger partial charge in [-0.2, -0.15) is 0 Å². The standard InChI is InChI=1S/C46H36NPS/c1-2-42-39(29-23-32-24-30-44-41(31-32)40-20-11-13-33-14-12-22-45(49-44)46(33)40)38-19-9-10-21-43(38)47(42)34-25-27-37(28-26-34)48(35-15-5-3-6-16-35)36-17-7-4-8-18-36/h2-23,25-32,39,42H,1,24H2/b29-23+. The number of benzene rings is 6. The molecule has 3 aliphatic rings. The maximum Gasteiger partial charge on any atom is 0.0623 e. The van der Waals surface area contributed by atoms with Crippen molar-refractivity contribution in [2.45, 2.75) is 23.3 Å². The summed E-state index contributed by atoms with van der Waals surface area (Å²) in [4.78, 5) is 5.25. The second kappa shape index (κ2) is 12.9. The Bertz CT molecular complexity index is 2220. The van der Waals surface area contributed by atoms with Crippen LogP contribution in [-0.4, -0.2) is 6.04 Å². The Morgan fingerprint density at radius 1 is 0.673 bits per heavy atom. The van der Waals surface area contributed by atoms with Gasteiger partial charge in [-0.3, -0.25) is 0 Å². The first-order valence-corrected chi connectivity index (χ1v) is 19.2. The quantitative estimate of drug-likeness (QED) is 0.123. The number of anilines is 2. The van der Waals surface area contributed by atoms with Crippen molar-refractivity contribution in [3.63, 3.8) is 0 Å². The second-order valence-electron chi connectivity index (χ2n) is 12.9. The van der Waals surface area contributed by atoms with Gasteiger partial charge >= 0.3 is 0 Å². The third kappa shape index (κ3) is 5.41. The van der Waals surface area contributed by atoms with Crippen molar-refractivity contribution in [2.24, 2.45) is 5.92 Å². The molecule has 3 heteroatoms. The zero-order chi connectivity index (χ0) is 32.7. The average Bonchev–Trinajstić information content (AvgIpc) is 3.49. The minimum absolute atomic E-state index is 0.123. The number of allylic oxidation sites excluding steroid dienone is 4. The van der Waals surface area contributed by atoms with Gasteiger partial charge in [0, 0.05) is 32.5 Å². The summed E-state index contributed by atoms with van der Waals surface area (Å²) in [6.45, 7) is 4.37. The molecule has 0 radical (unpaired) electrons. The van der Waals surface area contributed by atoms with Crippen LogP contribution in [0.4, 0.5) is 11.4 Å². The molecule has 6 aromatic rings. The van der Waals surface area contributed by atoms with Crippen molar-refractivity contribution in [1.82, 2.24) is 0 Å². The SMILES string of the molecule is C=CC1C(/C=C/C2C=C3C(=CC2)Sc2cccc4cccc3c24)c2ccccc2N1c1ccc(P(c2ccccc2)c2ccccc2)cc1. The summed E-state index contributed by atoms with van der Waals surface area (Å²) in [6.07, 6.45) is 13.0. The second-order valence-corrected chi connectivity index (χ2v) is 16.2. The van der Waals surface area contributed by atoms with Gasteiger partial charge in [-0.1, -0.05) is 163 Å². The molecular weight excluding hydrogens is 630 g/mol. The van der Waals surface area contributed by atoms with E-state index in [2.05, 4.69) is 187 Å². The van der Waals surface area contributed by atoms with Crippen LogP contribution in [0.1, 0.15) is 23.5 Å². The molecule has 3 atom stereocenters. The lowest BCUT2D eigenvalue weighted by atomic mass is 9.87. The largest absolute Gasteiger partial charge is 0.333 e. The Morgan fingerprint density at radius 2 is 1.35 bits per heavy atom. The summed E-state index contributed by atoms with van der Waals surface area (Å²) in [7, 11) is -0.652. The van der Waals surface area contributed by atoms with Gasteiger partial charge in [0.1, 0.15) is 0 Å². The van der Waals surface area contributed by atoms with Crippen molar-refractivity contribution >= 4 is 63.3 Å². The van der Waals surface area contributed by atoms with E-state index in [0.29, 0.717) is 5.92 Å². The Balaban J connectivity index is 1.03. The summed E-state index contributed by atoms with van der Waals surface area (Å²) >= 11 is 1.92. The van der Waals surface area contributed by atoms with Crippen LogP contribution in [0, 0.1) is 5.92 Å². The van der Waals surface area contributed by atoms with E-state index in [0.717, 1.165) is 6.42 Å². The van der Waals surface area contributed by atoms with Crippen molar-refractivity contribution in [2.75, 3.05) is 4.90 Å². The molecule has 0 spiro atoms. The number of nitrogens with zero attached hydrogens (tertiary/aromatic N) is 1. The molecule has 0 aromatic heterocycles. The van der Waals surface area contributed by atoms with Gasteiger partial charge in [-0.15, -0.1) is 6.58 Å². The van der Waals surface area contributed by atoms with Gasteiger partial charge in [0.15, 0.2) is 0 Å². The predicted molar refractivity (Wildman–Crippen MR) is 214 cm³/mol. The minimum atomic E-state index is -0.652. The fourth-order valence-corrected chi connectivity index (χ4v) is 11.3. The Labute approximate surface area is 294 Å². The molecule has 1 aliphatic carbocycles. The summed E-state index contributed by atoms with van der Waals surface area (Å²) in [6, 6.07) is 53.6. The first-order valence-electron chi connectivity index (χ1n) is 17.1. The molecule has 0 fully saturated rings. The normalized spacial score (nSPS) is 19.4. The molecule has 6 aromatic carbocycles. The van der Waals surface area contributed by atoms with Gasteiger partial charge in [0.25, 0.3) is 0 Å². The Morgan fingerprint density at radius 3 is 2.08 bits per heavy atom. The number of para-hydroxylation sites is 1. The van der Waals surface area contributed by atoms with Gasteiger partial charge in [-0.05, 0) is 82.5 Å². The van der Waals surface area contributed by atoms with Crippen LogP contribution in [0.15, 0.2) is 192 Å². The molecule has 0 saturated carbocycles. The van der Waals surface area contributed by atoms with E-state index in [9.17, 15) is 0 Å². The molecule has 0 N–H and O–H groups in total. The fraction of sp³-hybridized carbons (Fsp3) is 0.0870. The molecular formula is C46H36NPS. The minimum Gasteiger partial charge on any atom is -0.333 e. The van der Waals surface area contributed by atoms with Crippen LogP contribution in [0.2, 0.25) is 0 Å². The highest BCUT2D eigenvalue weighted by Crippen LogP contribution is 2.51. The number of fused-ring (bicyclic) bond motifs is 3. The summed E-state index contributed by atoms with van der Waals surface area (Å²) in [5, 5.41) is 6.80. The molecule has 2 aliphatic heterocycles. The molecule has 2 heterocycles. The topological polar surface area (TPSA) is 3.24 Å². The van der Waals surface area contributed by atoms with E-state index < -0.39 is 7.92 Å². The Kier molecular flexibility index (Phi) is 7.93. The maximum atomic E-state index is 4.37. The lowest BCUT2D eigenvalue weighted by Gasteiger charge is -2.28. The molecule has 0 saturated heterocycles. The molecule has 0 bridgehead atoms. The maximum absolute atomic E-state index is 4.37. The zero-order valence-electron chi connectivity index (χ0n) is 27.2. The fourth-order valence-electron chi connectivity index (χ4n) is 7.81. The number of thioether (sulfide) groups is 1. The molecule has 236 valence electrons. The van der Waals surface area contributed by atoms with Gasteiger partial charge < -0.3 is 4.90 Å². The summed E-state index contributed by atoms with van der Waals surface area (Å²) in [5.41, 5.74) is 6.57. The van der Waals surface area contributed by atoms with Gasteiger partial charge in [0.2, 0.25) is 0 Å². The summed E-state index contributed by atoms with van der Waals surface area (Å²) < 4.78 is 0. The first-order chi connectivity index (χ1) is 24.3. The molecule has 3 unspecified atom stereocenters. The Hall–Kier alpha value is -4.88. The van der Waals surface area contributed by atoms with Crippen molar-refractivity contribution < 1.29 is 0 Å². The van der Waals surface area contributed by atoms with E-state index >= 15 is 0 Å². The van der Waals surface area contributed by atoms with E-state index in [4.69, 9.17) is 0 Å². The smallest absolute Gasteiger partial charge is 0.0623 e. The van der Waals surface area contributed by atoms with Crippen LogP contribution >= 0.6 is 19.7 Å². The molecule has 9 rings (SSSR count). The first kappa shape index (κ1) is 30.2. The van der Waals surface area contributed by atoms with Crippen LogP contribution in [0.3, 0.4) is 0 Å². The lowest BCUT2D eigenvalue weighted by molar-refractivity contribution is 0.738. The van der Waals surface area contributed by atoms with Gasteiger partial charge in [-0.25, -0.2) is 0 Å². The third-order valence-corrected chi connectivity index (χ3v) is 13.7. The van der Waals surface area contributed by atoms with Crippen molar-refractivity contribution in [3.8, 4) is 0 Å². The van der Waals surface area contributed by atoms with Crippen molar-refractivity contribution in [1.29, 1.82) is 0 Å².